The molecule has 0 spiro atoms. The van der Waals surface area contributed by atoms with Gasteiger partial charge in [-0.1, -0.05) is 13.0 Å². The molecular weight excluding hydrogens is 465 g/mol. The summed E-state index contributed by atoms with van der Waals surface area (Å²) >= 11 is 0. The van der Waals surface area contributed by atoms with Crippen molar-refractivity contribution in [1.82, 2.24) is 0 Å². The normalized spacial score (nSPS) is 30.7. The van der Waals surface area contributed by atoms with Crippen LogP contribution in [-0.4, -0.2) is 43.3 Å². The predicted octanol–water partition coefficient (Wildman–Crippen LogP) is 4.05. The third-order valence-electron chi connectivity index (χ3n) is 7.13. The second kappa shape index (κ2) is 8.50. The molecule has 1 aromatic rings. The quantitative estimate of drug-likeness (QED) is 0.308. The average Bonchev–Trinajstić information content (AvgIpc) is 3.39. The van der Waals surface area contributed by atoms with Gasteiger partial charge in [0, 0.05) is 5.92 Å². The Kier molecular flexibility index (Phi) is 6.15. The maximum atomic E-state index is 13.0. The Morgan fingerprint density at radius 2 is 1.97 bits per heavy atom. The van der Waals surface area contributed by atoms with Crippen LogP contribution < -0.4 is 9.47 Å². The van der Waals surface area contributed by atoms with E-state index in [4.69, 9.17) is 9.47 Å². The van der Waals surface area contributed by atoms with E-state index >= 15 is 0 Å². The molecule has 3 aliphatic rings. The number of carbonyl (C=O) groups excluding carboxylic acids is 1. The van der Waals surface area contributed by atoms with Gasteiger partial charge in [0.25, 0.3) is 0 Å². The summed E-state index contributed by atoms with van der Waals surface area (Å²) in [6.07, 6.45) is 1.54. The second-order valence-electron chi connectivity index (χ2n) is 8.93. The molecule has 0 saturated heterocycles. The highest BCUT2D eigenvalue weighted by Crippen LogP contribution is 2.64. The molecule has 1 aromatic carbocycles. The van der Waals surface area contributed by atoms with Gasteiger partial charge < -0.3 is 18.8 Å². The van der Waals surface area contributed by atoms with Crippen molar-refractivity contribution in [3.8, 4) is 11.5 Å². The Balaban J connectivity index is 1.60. The van der Waals surface area contributed by atoms with Crippen molar-refractivity contribution in [2.75, 3.05) is 12.4 Å². The summed E-state index contributed by atoms with van der Waals surface area (Å²) < 4.78 is 86.1. The summed E-state index contributed by atoms with van der Waals surface area (Å²) in [7, 11) is -4.58. The molecule has 182 valence electrons. The zero-order valence-corrected chi connectivity index (χ0v) is 18.5. The highest BCUT2D eigenvalue weighted by molar-refractivity contribution is 7.85. The topological polar surface area (TPSA) is 102 Å². The van der Waals surface area contributed by atoms with Gasteiger partial charge in [-0.25, -0.2) is 13.2 Å². The van der Waals surface area contributed by atoms with Crippen LogP contribution in [0.25, 0.3) is 0 Å². The van der Waals surface area contributed by atoms with Gasteiger partial charge in [0.15, 0.2) is 11.5 Å². The zero-order valence-electron chi connectivity index (χ0n) is 17.7. The number of rotatable bonds is 8. The van der Waals surface area contributed by atoms with Crippen LogP contribution in [0.2, 0.25) is 0 Å². The minimum atomic E-state index is -4.98. The lowest BCUT2D eigenvalue weighted by molar-refractivity contribution is -0.275. The second-order valence-corrected chi connectivity index (χ2v) is 10.5. The van der Waals surface area contributed by atoms with Gasteiger partial charge >= 0.3 is 12.3 Å². The fourth-order valence-electron chi connectivity index (χ4n) is 5.98. The summed E-state index contributed by atoms with van der Waals surface area (Å²) in [4.78, 5) is 12.3. The third kappa shape index (κ3) is 4.98. The average molecular weight is 489 g/mol. The molecule has 11 heteroatoms. The van der Waals surface area contributed by atoms with Crippen LogP contribution in [0.15, 0.2) is 30.9 Å². The van der Waals surface area contributed by atoms with E-state index in [1.807, 2.05) is 0 Å². The fraction of sp³-hybridized carbons (Fsp3) is 0.591. The molecule has 33 heavy (non-hydrogen) atoms. The van der Waals surface area contributed by atoms with Gasteiger partial charge in [-0.15, -0.1) is 13.2 Å². The molecular formula is C22H24F3O7S-. The molecule has 4 rings (SSSR count). The SMILES string of the molecule is C=CC1(Oc2cc(C(=O)OCCS(=O)(=O)[O-])ccc2OC(F)(F)F)CC2CC1C1CCCC21. The summed E-state index contributed by atoms with van der Waals surface area (Å²) in [6, 6.07) is 3.08. The van der Waals surface area contributed by atoms with Gasteiger partial charge in [0.2, 0.25) is 0 Å². The maximum Gasteiger partial charge on any atom is 0.573 e. The van der Waals surface area contributed by atoms with E-state index in [1.165, 1.54) is 0 Å². The Morgan fingerprint density at radius 3 is 2.64 bits per heavy atom. The van der Waals surface area contributed by atoms with Crippen LogP contribution in [0.4, 0.5) is 13.2 Å². The van der Waals surface area contributed by atoms with Gasteiger partial charge in [0.05, 0.1) is 21.4 Å². The van der Waals surface area contributed by atoms with Crippen molar-refractivity contribution in [3.63, 3.8) is 0 Å². The number of fused-ring (bicyclic) bond motifs is 5. The molecule has 3 saturated carbocycles. The summed E-state index contributed by atoms with van der Waals surface area (Å²) in [5, 5.41) is 0. The van der Waals surface area contributed by atoms with Crippen molar-refractivity contribution < 1.29 is 45.1 Å². The molecule has 0 radical (unpaired) electrons. The third-order valence-corrected chi connectivity index (χ3v) is 7.80. The molecule has 0 amide bonds. The highest BCUT2D eigenvalue weighted by atomic mass is 32.2. The molecule has 3 aliphatic carbocycles. The summed E-state index contributed by atoms with van der Waals surface area (Å²) in [5.41, 5.74) is -1.04. The van der Waals surface area contributed by atoms with Gasteiger partial charge in [0.1, 0.15) is 12.2 Å². The van der Waals surface area contributed by atoms with Gasteiger partial charge in [-0.05, 0) is 67.7 Å². The van der Waals surface area contributed by atoms with Crippen LogP contribution in [0, 0.1) is 23.7 Å². The standard InChI is InChI=1S/C22H25F3O7S/c1-2-21(12-14-10-17(21)16-5-3-4-15(14)16)31-19-11-13(6-7-18(19)32-22(23,24)25)20(26)30-8-9-33(27,28)29/h2,6-7,11,14-17H,1,3-5,8-10,12H2,(H,27,28,29)/p-1. The largest absolute Gasteiger partial charge is 0.748 e. The van der Waals surface area contributed by atoms with E-state index in [2.05, 4.69) is 11.3 Å². The van der Waals surface area contributed by atoms with E-state index in [9.17, 15) is 30.9 Å². The van der Waals surface area contributed by atoms with Crippen molar-refractivity contribution in [2.45, 2.75) is 44.1 Å². The van der Waals surface area contributed by atoms with E-state index < -0.39 is 46.2 Å². The van der Waals surface area contributed by atoms with Crippen LogP contribution in [0.5, 0.6) is 11.5 Å². The van der Waals surface area contributed by atoms with Crippen LogP contribution in [0.3, 0.4) is 0 Å². The van der Waals surface area contributed by atoms with Gasteiger partial charge in [-0.2, -0.15) is 0 Å². The number of ether oxygens (including phenoxy) is 3. The first kappa shape index (κ1) is 23.9. The van der Waals surface area contributed by atoms with E-state index in [1.54, 1.807) is 6.08 Å². The van der Waals surface area contributed by atoms with Crippen molar-refractivity contribution in [1.29, 1.82) is 0 Å². The Morgan fingerprint density at radius 1 is 1.24 bits per heavy atom. The number of esters is 1. The lowest BCUT2D eigenvalue weighted by atomic mass is 9.73. The molecule has 2 bridgehead atoms. The lowest BCUT2D eigenvalue weighted by Gasteiger charge is -2.41. The summed E-state index contributed by atoms with van der Waals surface area (Å²) in [5.74, 6) is -1.24. The Bertz CT molecular complexity index is 1040. The maximum absolute atomic E-state index is 13.0. The van der Waals surface area contributed by atoms with Crippen LogP contribution in [0.1, 0.15) is 42.5 Å². The molecule has 5 atom stereocenters. The minimum absolute atomic E-state index is 0.115. The first-order valence-electron chi connectivity index (χ1n) is 10.7. The van der Waals surface area contributed by atoms with Crippen molar-refractivity contribution in [3.05, 3.63) is 36.4 Å². The molecule has 0 aliphatic heterocycles. The number of alkyl halides is 3. The fourth-order valence-corrected chi connectivity index (χ4v) is 6.27. The van der Waals surface area contributed by atoms with E-state index in [0.29, 0.717) is 24.2 Å². The lowest BCUT2D eigenvalue weighted by Crippen LogP contribution is -2.44. The Hall–Kier alpha value is -2.27. The molecule has 0 aromatic heterocycles. The zero-order chi connectivity index (χ0) is 24.0. The molecule has 0 N–H and O–H groups in total. The first-order chi connectivity index (χ1) is 15.4. The number of benzene rings is 1. The van der Waals surface area contributed by atoms with Crippen molar-refractivity contribution in [2.24, 2.45) is 23.7 Å². The van der Waals surface area contributed by atoms with Crippen LogP contribution >= 0.6 is 0 Å². The van der Waals surface area contributed by atoms with Crippen molar-refractivity contribution >= 4 is 16.1 Å². The number of hydrogen-bond acceptors (Lipinski definition) is 7. The van der Waals surface area contributed by atoms with Gasteiger partial charge in [-0.3, -0.25) is 0 Å². The summed E-state index contributed by atoms with van der Waals surface area (Å²) in [6.45, 7) is 3.23. The number of halogens is 3. The predicted molar refractivity (Wildman–Crippen MR) is 109 cm³/mol. The number of hydrogen-bond donors (Lipinski definition) is 0. The molecule has 0 heterocycles. The molecule has 3 fully saturated rings. The number of carbonyl (C=O) groups is 1. The molecule has 5 unspecified atom stereocenters. The minimum Gasteiger partial charge on any atom is -0.748 e. The van der Waals surface area contributed by atoms with E-state index in [-0.39, 0.29) is 17.2 Å². The smallest absolute Gasteiger partial charge is 0.573 e. The highest BCUT2D eigenvalue weighted by Gasteiger charge is 2.61. The first-order valence-corrected chi connectivity index (χ1v) is 12.3. The van der Waals surface area contributed by atoms with Crippen LogP contribution in [-0.2, 0) is 14.9 Å². The Labute approximate surface area is 189 Å². The monoisotopic (exact) mass is 489 g/mol. The molecule has 7 nitrogen and oxygen atoms in total. The van der Waals surface area contributed by atoms with E-state index in [0.717, 1.165) is 43.9 Å².